The molecule has 0 aromatic carbocycles. The van der Waals surface area contributed by atoms with E-state index in [1.165, 1.54) is 6.42 Å². The summed E-state index contributed by atoms with van der Waals surface area (Å²) in [5.41, 5.74) is 0. The molecule has 0 spiro atoms. The van der Waals surface area contributed by atoms with Gasteiger partial charge in [-0.1, -0.05) is 0 Å². The number of aryl methyl sites for hydroxylation is 1. The predicted molar refractivity (Wildman–Crippen MR) is 41.1 cm³/mol. The second-order valence-corrected chi connectivity index (χ2v) is 2.93. The van der Waals surface area contributed by atoms with Gasteiger partial charge in [-0.15, -0.1) is 0 Å². The maximum atomic E-state index is 4.26. The Labute approximate surface area is 65.4 Å². The number of hydrogen-bond donors (Lipinski definition) is 2. The van der Waals surface area contributed by atoms with Crippen molar-refractivity contribution in [3.05, 3.63) is 11.6 Å². The van der Waals surface area contributed by atoms with Crippen LogP contribution in [-0.2, 0) is 0 Å². The lowest BCUT2D eigenvalue weighted by Gasteiger charge is -2.02. The first-order chi connectivity index (χ1) is 5.36. The maximum absolute atomic E-state index is 4.26. The van der Waals surface area contributed by atoms with Crippen LogP contribution in [0.4, 0.5) is 0 Å². The molecule has 2 heterocycles. The molecule has 0 bridgehead atoms. The summed E-state index contributed by atoms with van der Waals surface area (Å²) < 4.78 is 0. The van der Waals surface area contributed by atoms with Crippen LogP contribution in [0.15, 0.2) is 0 Å². The topological polar surface area (TPSA) is 53.6 Å². The highest BCUT2D eigenvalue weighted by Crippen LogP contribution is 2.18. The van der Waals surface area contributed by atoms with Crippen LogP contribution in [0.1, 0.15) is 30.5 Å². The van der Waals surface area contributed by atoms with Crippen molar-refractivity contribution in [2.75, 3.05) is 6.54 Å². The number of nitrogens with one attached hydrogen (secondary N) is 2. The zero-order valence-electron chi connectivity index (χ0n) is 6.59. The van der Waals surface area contributed by atoms with E-state index in [2.05, 4.69) is 20.5 Å². The molecule has 4 nitrogen and oxygen atoms in total. The van der Waals surface area contributed by atoms with Crippen molar-refractivity contribution in [1.82, 2.24) is 20.5 Å². The van der Waals surface area contributed by atoms with E-state index in [9.17, 15) is 0 Å². The Hall–Kier alpha value is -0.900. The first-order valence-electron chi connectivity index (χ1n) is 3.98. The molecule has 1 atom stereocenters. The average molecular weight is 152 g/mol. The zero-order chi connectivity index (χ0) is 7.68. The lowest BCUT2D eigenvalue weighted by atomic mass is 10.2. The van der Waals surface area contributed by atoms with Gasteiger partial charge < -0.3 is 5.32 Å². The fourth-order valence-electron chi connectivity index (χ4n) is 1.42. The van der Waals surface area contributed by atoms with Crippen LogP contribution in [0.2, 0.25) is 0 Å². The second-order valence-electron chi connectivity index (χ2n) is 2.93. The number of aromatic nitrogens is 3. The van der Waals surface area contributed by atoms with Gasteiger partial charge in [0.1, 0.15) is 5.82 Å². The van der Waals surface area contributed by atoms with Gasteiger partial charge in [0.25, 0.3) is 0 Å². The van der Waals surface area contributed by atoms with E-state index in [0.29, 0.717) is 6.04 Å². The smallest absolute Gasteiger partial charge is 0.167 e. The Kier molecular flexibility index (Phi) is 1.62. The fourth-order valence-corrected chi connectivity index (χ4v) is 1.42. The molecule has 0 amide bonds. The van der Waals surface area contributed by atoms with Gasteiger partial charge in [-0.25, -0.2) is 4.98 Å². The number of aromatic amines is 1. The molecule has 0 aliphatic carbocycles. The van der Waals surface area contributed by atoms with E-state index in [1.54, 1.807) is 0 Å². The van der Waals surface area contributed by atoms with E-state index in [1.807, 2.05) is 6.92 Å². The largest absolute Gasteiger partial charge is 0.307 e. The average Bonchev–Trinajstić information content (AvgIpc) is 2.55. The van der Waals surface area contributed by atoms with Crippen LogP contribution >= 0.6 is 0 Å². The predicted octanol–water partition coefficient (Wildman–Crippen LogP) is 0.538. The summed E-state index contributed by atoms with van der Waals surface area (Å²) in [5.74, 6) is 1.81. The summed E-state index contributed by atoms with van der Waals surface area (Å²) in [5, 5.41) is 10.3. The minimum absolute atomic E-state index is 0.389. The second kappa shape index (κ2) is 2.62. The van der Waals surface area contributed by atoms with Crippen LogP contribution < -0.4 is 5.32 Å². The molecule has 1 aliphatic heterocycles. The molecule has 60 valence electrons. The minimum Gasteiger partial charge on any atom is -0.307 e. The van der Waals surface area contributed by atoms with Crippen molar-refractivity contribution >= 4 is 0 Å². The normalized spacial score (nSPS) is 24.3. The minimum atomic E-state index is 0.389. The summed E-state index contributed by atoms with van der Waals surface area (Å²) in [6, 6.07) is 0.389. The number of H-pyrrole nitrogens is 1. The molecule has 0 saturated carbocycles. The van der Waals surface area contributed by atoms with Crippen molar-refractivity contribution in [3.63, 3.8) is 0 Å². The van der Waals surface area contributed by atoms with Crippen molar-refractivity contribution in [1.29, 1.82) is 0 Å². The van der Waals surface area contributed by atoms with Gasteiger partial charge in [0.15, 0.2) is 5.82 Å². The highest BCUT2D eigenvalue weighted by atomic mass is 15.2. The first-order valence-corrected chi connectivity index (χ1v) is 3.98. The van der Waals surface area contributed by atoms with E-state index in [-0.39, 0.29) is 0 Å². The van der Waals surface area contributed by atoms with E-state index < -0.39 is 0 Å². The van der Waals surface area contributed by atoms with Crippen LogP contribution in [0.5, 0.6) is 0 Å². The Morgan fingerprint density at radius 2 is 2.45 bits per heavy atom. The molecule has 1 saturated heterocycles. The van der Waals surface area contributed by atoms with Gasteiger partial charge in [0.05, 0.1) is 6.04 Å². The molecule has 4 heteroatoms. The Balaban J connectivity index is 2.15. The number of nitrogens with zero attached hydrogens (tertiary/aromatic N) is 2. The molecule has 11 heavy (non-hydrogen) atoms. The summed E-state index contributed by atoms with van der Waals surface area (Å²) in [4.78, 5) is 4.26. The molecular formula is C7H12N4. The molecule has 0 radical (unpaired) electrons. The van der Waals surface area contributed by atoms with Crippen LogP contribution in [0, 0.1) is 6.92 Å². The summed E-state index contributed by atoms with van der Waals surface area (Å²) >= 11 is 0. The lowest BCUT2D eigenvalue weighted by Crippen LogP contribution is -2.14. The summed E-state index contributed by atoms with van der Waals surface area (Å²) in [6.07, 6.45) is 2.40. The first kappa shape index (κ1) is 6.79. The lowest BCUT2D eigenvalue weighted by molar-refractivity contribution is 0.607. The molecular weight excluding hydrogens is 140 g/mol. The molecule has 1 aromatic heterocycles. The summed E-state index contributed by atoms with van der Waals surface area (Å²) in [7, 11) is 0. The standard InChI is InChI=1S/C7H12N4/c1-5-9-7(11-10-5)6-3-2-4-8-6/h6,8H,2-4H2,1H3,(H,9,10,11)/t6-/m1/s1. The number of rotatable bonds is 1. The third-order valence-corrected chi connectivity index (χ3v) is 1.99. The Bertz CT molecular complexity index is 236. The maximum Gasteiger partial charge on any atom is 0.167 e. The highest BCUT2D eigenvalue weighted by Gasteiger charge is 2.19. The molecule has 2 N–H and O–H groups in total. The van der Waals surface area contributed by atoms with Gasteiger partial charge in [-0.2, -0.15) is 5.10 Å². The summed E-state index contributed by atoms with van der Waals surface area (Å²) in [6.45, 7) is 3.02. The van der Waals surface area contributed by atoms with Gasteiger partial charge in [-0.3, -0.25) is 5.10 Å². The Morgan fingerprint density at radius 1 is 1.55 bits per heavy atom. The molecule has 2 rings (SSSR count). The van der Waals surface area contributed by atoms with E-state index in [4.69, 9.17) is 0 Å². The van der Waals surface area contributed by atoms with Gasteiger partial charge in [0, 0.05) is 0 Å². The van der Waals surface area contributed by atoms with E-state index in [0.717, 1.165) is 24.6 Å². The van der Waals surface area contributed by atoms with Crippen LogP contribution in [0.25, 0.3) is 0 Å². The van der Waals surface area contributed by atoms with Crippen LogP contribution in [0.3, 0.4) is 0 Å². The Morgan fingerprint density at radius 3 is 3.00 bits per heavy atom. The SMILES string of the molecule is Cc1nc([C@H]2CCCN2)n[nH]1. The van der Waals surface area contributed by atoms with Crippen molar-refractivity contribution < 1.29 is 0 Å². The van der Waals surface area contributed by atoms with Crippen LogP contribution in [-0.4, -0.2) is 21.7 Å². The van der Waals surface area contributed by atoms with Crippen molar-refractivity contribution in [3.8, 4) is 0 Å². The zero-order valence-corrected chi connectivity index (χ0v) is 6.59. The molecule has 1 aromatic rings. The third-order valence-electron chi connectivity index (χ3n) is 1.99. The molecule has 0 unspecified atom stereocenters. The van der Waals surface area contributed by atoms with Gasteiger partial charge in [0.2, 0.25) is 0 Å². The monoisotopic (exact) mass is 152 g/mol. The fraction of sp³-hybridized carbons (Fsp3) is 0.714. The number of hydrogen-bond acceptors (Lipinski definition) is 3. The van der Waals surface area contributed by atoms with Gasteiger partial charge >= 0.3 is 0 Å². The van der Waals surface area contributed by atoms with Crippen molar-refractivity contribution in [2.24, 2.45) is 0 Å². The highest BCUT2D eigenvalue weighted by molar-refractivity contribution is 4.97. The van der Waals surface area contributed by atoms with E-state index >= 15 is 0 Å². The quantitative estimate of drug-likeness (QED) is 0.617. The third kappa shape index (κ3) is 1.26. The van der Waals surface area contributed by atoms with Crippen molar-refractivity contribution in [2.45, 2.75) is 25.8 Å². The molecule has 1 aliphatic rings. The van der Waals surface area contributed by atoms with Gasteiger partial charge in [-0.05, 0) is 26.3 Å². The molecule has 1 fully saturated rings.